The second kappa shape index (κ2) is 15.3. The van der Waals surface area contributed by atoms with Crippen LogP contribution in [0.2, 0.25) is 0 Å². The predicted octanol–water partition coefficient (Wildman–Crippen LogP) is 14.6. The molecule has 3 heteroatoms. The van der Waals surface area contributed by atoms with Crippen molar-refractivity contribution in [2.45, 2.75) is 12.0 Å². The number of methoxy groups -OCH3 is 1. The third-order valence-electron chi connectivity index (χ3n) is 11.5. The first kappa shape index (κ1) is 35.1. The zero-order valence-corrected chi connectivity index (χ0v) is 32.3. The normalized spacial score (nSPS) is 15.2. The van der Waals surface area contributed by atoms with Gasteiger partial charge in [-0.25, -0.2) is 0 Å². The van der Waals surface area contributed by atoms with Crippen LogP contribution in [0.1, 0.15) is 11.5 Å². The lowest BCUT2D eigenvalue weighted by atomic mass is 9.91. The largest absolute Gasteiger partial charge is 0.497 e. The highest BCUT2D eigenvalue weighted by Gasteiger charge is 2.37. The molecule has 0 radical (unpaired) electrons. The molecule has 0 amide bonds. The van der Waals surface area contributed by atoms with E-state index in [9.17, 15) is 0 Å². The van der Waals surface area contributed by atoms with Crippen molar-refractivity contribution in [2.75, 3.05) is 16.9 Å². The summed E-state index contributed by atoms with van der Waals surface area (Å²) in [4.78, 5) is 4.84. The van der Waals surface area contributed by atoms with E-state index in [0.717, 1.165) is 33.9 Å². The smallest absolute Gasteiger partial charge is 0.118 e. The van der Waals surface area contributed by atoms with Crippen molar-refractivity contribution in [3.63, 3.8) is 0 Å². The standard InChI is InChI=1S/C55H42N2O/c1-58-51-35-27-41(28-36-51)40-21-29-47(30-22-40)56(48-31-23-42(24-32-48)45-14-9-13-44(37-45)39-11-3-2-4-12-39)49-33-25-43(26-34-49)46-15-10-16-50(38-46)57-54-19-7-5-17-52(54)53-18-6-8-20-55(53)57/h2-38,52,54H,1H3. The SMILES string of the molecule is COc1ccc(-c2ccc(N(c3ccc(-c4cccc(-c5ccccc5)c4)cc3)c3ccc(-c4cccc(N5c6ccccc6C6C=CC=CC65)c4)cc3)cc2)cc1. The first-order chi connectivity index (χ1) is 28.7. The van der Waals surface area contributed by atoms with Gasteiger partial charge in [0.25, 0.3) is 0 Å². The van der Waals surface area contributed by atoms with Gasteiger partial charge in [-0.15, -0.1) is 0 Å². The van der Waals surface area contributed by atoms with Crippen LogP contribution >= 0.6 is 0 Å². The van der Waals surface area contributed by atoms with Crippen LogP contribution < -0.4 is 14.5 Å². The summed E-state index contributed by atoms with van der Waals surface area (Å²) in [6, 6.07) is 72.4. The van der Waals surface area contributed by atoms with Gasteiger partial charge < -0.3 is 14.5 Å². The first-order valence-corrected chi connectivity index (χ1v) is 19.9. The lowest BCUT2D eigenvalue weighted by molar-refractivity contribution is 0.415. The highest BCUT2D eigenvalue weighted by Crippen LogP contribution is 2.48. The van der Waals surface area contributed by atoms with Crippen LogP contribution in [0.4, 0.5) is 28.4 Å². The maximum Gasteiger partial charge on any atom is 0.118 e. The van der Waals surface area contributed by atoms with Gasteiger partial charge in [0.15, 0.2) is 0 Å². The number of hydrogen-bond donors (Lipinski definition) is 0. The summed E-state index contributed by atoms with van der Waals surface area (Å²) in [5.41, 5.74) is 16.6. The quantitative estimate of drug-likeness (QED) is 0.146. The Kier molecular flexibility index (Phi) is 9.25. The number of allylic oxidation sites excluding steroid dienone is 2. The number of fused-ring (bicyclic) bond motifs is 3. The number of hydrogen-bond acceptors (Lipinski definition) is 3. The molecule has 2 atom stereocenters. The van der Waals surface area contributed by atoms with E-state index in [4.69, 9.17) is 4.74 Å². The average molecular weight is 747 g/mol. The molecule has 0 spiro atoms. The van der Waals surface area contributed by atoms with E-state index in [1.54, 1.807) is 7.11 Å². The van der Waals surface area contributed by atoms with Gasteiger partial charge >= 0.3 is 0 Å². The van der Waals surface area contributed by atoms with E-state index >= 15 is 0 Å². The molecule has 3 nitrogen and oxygen atoms in total. The maximum absolute atomic E-state index is 5.40. The molecule has 58 heavy (non-hydrogen) atoms. The molecule has 1 heterocycles. The third-order valence-corrected chi connectivity index (χ3v) is 11.5. The van der Waals surface area contributed by atoms with Gasteiger partial charge in [0.2, 0.25) is 0 Å². The highest BCUT2D eigenvalue weighted by molar-refractivity contribution is 5.83. The molecule has 10 rings (SSSR count). The fraction of sp³-hybridized carbons (Fsp3) is 0.0545. The van der Waals surface area contributed by atoms with Gasteiger partial charge in [0, 0.05) is 34.4 Å². The molecule has 0 saturated carbocycles. The summed E-state index contributed by atoms with van der Waals surface area (Å²) in [5, 5.41) is 0. The summed E-state index contributed by atoms with van der Waals surface area (Å²) >= 11 is 0. The molecule has 8 aromatic rings. The van der Waals surface area contributed by atoms with Crippen molar-refractivity contribution >= 4 is 28.4 Å². The third kappa shape index (κ3) is 6.67. The topological polar surface area (TPSA) is 15.7 Å². The number of ether oxygens (including phenoxy) is 1. The van der Waals surface area contributed by atoms with E-state index in [2.05, 4.69) is 222 Å². The maximum atomic E-state index is 5.40. The Balaban J connectivity index is 0.983. The number of rotatable bonds is 9. The molecule has 0 N–H and O–H groups in total. The fourth-order valence-electron chi connectivity index (χ4n) is 8.57. The van der Waals surface area contributed by atoms with Crippen molar-refractivity contribution in [1.82, 2.24) is 0 Å². The van der Waals surface area contributed by atoms with Gasteiger partial charge in [0.05, 0.1) is 13.2 Å². The van der Waals surface area contributed by atoms with Crippen LogP contribution in [-0.4, -0.2) is 13.2 Å². The van der Waals surface area contributed by atoms with E-state index in [1.165, 1.54) is 50.3 Å². The molecule has 8 aromatic carbocycles. The Morgan fingerprint density at radius 2 is 0.879 bits per heavy atom. The van der Waals surface area contributed by atoms with Crippen molar-refractivity contribution in [2.24, 2.45) is 0 Å². The van der Waals surface area contributed by atoms with E-state index in [0.29, 0.717) is 5.92 Å². The van der Waals surface area contributed by atoms with Crippen LogP contribution in [0.15, 0.2) is 224 Å². The van der Waals surface area contributed by atoms with Crippen LogP contribution in [0.25, 0.3) is 44.5 Å². The average Bonchev–Trinajstić information content (AvgIpc) is 3.65. The van der Waals surface area contributed by atoms with Crippen LogP contribution in [-0.2, 0) is 0 Å². The minimum Gasteiger partial charge on any atom is -0.497 e. The number of nitrogens with zero attached hydrogens (tertiary/aromatic N) is 2. The Bertz CT molecular complexity index is 2750. The molecular formula is C55H42N2O. The molecule has 0 saturated heterocycles. The number of para-hydroxylation sites is 1. The molecular weight excluding hydrogens is 705 g/mol. The Morgan fingerprint density at radius 1 is 0.414 bits per heavy atom. The lowest BCUT2D eigenvalue weighted by Gasteiger charge is -2.29. The number of benzene rings is 8. The van der Waals surface area contributed by atoms with Crippen LogP contribution in [0.5, 0.6) is 5.75 Å². The summed E-state index contributed by atoms with van der Waals surface area (Å²) in [6.07, 6.45) is 9.02. The molecule has 2 unspecified atom stereocenters. The Morgan fingerprint density at radius 3 is 1.48 bits per heavy atom. The molecule has 0 fully saturated rings. The van der Waals surface area contributed by atoms with Gasteiger partial charge in [-0.3, -0.25) is 0 Å². The molecule has 2 aliphatic rings. The molecule has 1 aliphatic heterocycles. The van der Waals surface area contributed by atoms with Gasteiger partial charge in [0.1, 0.15) is 5.75 Å². The summed E-state index contributed by atoms with van der Waals surface area (Å²) in [7, 11) is 1.70. The van der Waals surface area contributed by atoms with Gasteiger partial charge in [-0.2, -0.15) is 0 Å². The second-order valence-corrected chi connectivity index (χ2v) is 14.9. The zero-order valence-electron chi connectivity index (χ0n) is 32.3. The summed E-state index contributed by atoms with van der Waals surface area (Å²) in [6.45, 7) is 0. The van der Waals surface area contributed by atoms with Crippen molar-refractivity contribution in [3.8, 4) is 50.3 Å². The zero-order chi connectivity index (χ0) is 38.8. The second-order valence-electron chi connectivity index (χ2n) is 14.9. The van der Waals surface area contributed by atoms with Crippen molar-refractivity contribution in [3.05, 3.63) is 230 Å². The minimum atomic E-state index is 0.267. The van der Waals surface area contributed by atoms with Gasteiger partial charge in [-0.1, -0.05) is 152 Å². The van der Waals surface area contributed by atoms with Crippen LogP contribution in [0.3, 0.4) is 0 Å². The lowest BCUT2D eigenvalue weighted by Crippen LogP contribution is -2.28. The fourth-order valence-corrected chi connectivity index (χ4v) is 8.57. The van der Waals surface area contributed by atoms with Crippen molar-refractivity contribution in [1.29, 1.82) is 0 Å². The van der Waals surface area contributed by atoms with E-state index < -0.39 is 0 Å². The monoisotopic (exact) mass is 746 g/mol. The highest BCUT2D eigenvalue weighted by atomic mass is 16.5. The number of anilines is 5. The predicted molar refractivity (Wildman–Crippen MR) is 243 cm³/mol. The molecule has 1 aliphatic carbocycles. The Labute approximate surface area is 341 Å². The summed E-state index contributed by atoms with van der Waals surface area (Å²) in [5.74, 6) is 1.21. The van der Waals surface area contributed by atoms with Crippen molar-refractivity contribution < 1.29 is 4.74 Å². The minimum absolute atomic E-state index is 0.267. The molecule has 0 bridgehead atoms. The van der Waals surface area contributed by atoms with Gasteiger partial charge in [-0.05, 0) is 123 Å². The van der Waals surface area contributed by atoms with E-state index in [1.807, 2.05) is 12.1 Å². The van der Waals surface area contributed by atoms with Crippen LogP contribution in [0, 0.1) is 0 Å². The Hall–Kier alpha value is -7.36. The first-order valence-electron chi connectivity index (χ1n) is 19.9. The molecule has 0 aromatic heterocycles. The molecule has 278 valence electrons. The van der Waals surface area contributed by atoms with E-state index in [-0.39, 0.29) is 6.04 Å². The summed E-state index contributed by atoms with van der Waals surface area (Å²) < 4.78 is 5.40.